The van der Waals surface area contributed by atoms with Gasteiger partial charge in [0.25, 0.3) is 0 Å². The molecule has 2 aliphatic rings. The van der Waals surface area contributed by atoms with Gasteiger partial charge in [-0.15, -0.1) is 0 Å². The number of piperidine rings is 1. The van der Waals surface area contributed by atoms with Crippen molar-refractivity contribution in [2.24, 2.45) is 5.73 Å². The monoisotopic (exact) mass is 598 g/mol. The van der Waals surface area contributed by atoms with Gasteiger partial charge in [-0.1, -0.05) is 23.7 Å². The topological polar surface area (TPSA) is 140 Å². The Bertz CT molecular complexity index is 1590. The van der Waals surface area contributed by atoms with Gasteiger partial charge in [0.2, 0.25) is 5.95 Å². The van der Waals surface area contributed by atoms with Crippen molar-refractivity contribution >= 4 is 50.6 Å². The molecule has 0 bridgehead atoms. The summed E-state index contributed by atoms with van der Waals surface area (Å²) in [5.74, 6) is 1.65. The fourth-order valence-corrected chi connectivity index (χ4v) is 6.98. The molecule has 0 aliphatic carbocycles. The third kappa shape index (κ3) is 5.78. The molecule has 0 radical (unpaired) electrons. The quantitative estimate of drug-likeness (QED) is 0.315. The highest BCUT2D eigenvalue weighted by molar-refractivity contribution is 7.92. The van der Waals surface area contributed by atoms with E-state index in [4.69, 9.17) is 22.1 Å². The van der Waals surface area contributed by atoms with Crippen molar-refractivity contribution in [3.63, 3.8) is 0 Å². The van der Waals surface area contributed by atoms with Crippen LogP contribution in [0.3, 0.4) is 0 Å². The van der Waals surface area contributed by atoms with Crippen LogP contribution in [-0.4, -0.2) is 53.8 Å². The van der Waals surface area contributed by atoms with Crippen molar-refractivity contribution < 1.29 is 17.9 Å². The number of fused-ring (bicyclic) bond motifs is 1. The molecule has 2 aliphatic heterocycles. The highest BCUT2D eigenvalue weighted by Crippen LogP contribution is 2.46. The van der Waals surface area contributed by atoms with E-state index < -0.39 is 15.1 Å². The Hall–Kier alpha value is -3.57. The van der Waals surface area contributed by atoms with Crippen LogP contribution in [-0.2, 0) is 16.3 Å². The second kappa shape index (κ2) is 11.4. The van der Waals surface area contributed by atoms with Crippen molar-refractivity contribution in [2.45, 2.75) is 69.1 Å². The van der Waals surface area contributed by atoms with Gasteiger partial charge < -0.3 is 26.0 Å². The number of anilines is 4. The number of ether oxygens (including phenoxy) is 1. The maximum Gasteiger partial charge on any atom is 0.314 e. The Morgan fingerprint density at radius 1 is 1.17 bits per heavy atom. The van der Waals surface area contributed by atoms with Crippen LogP contribution in [0, 0.1) is 6.92 Å². The van der Waals surface area contributed by atoms with Crippen LogP contribution in [0.5, 0.6) is 5.75 Å². The predicted octanol–water partition coefficient (Wildman–Crippen LogP) is 5.69. The molecule has 10 nitrogen and oxygen atoms in total. The van der Waals surface area contributed by atoms with Crippen LogP contribution in [0.4, 0.5) is 27.9 Å². The van der Waals surface area contributed by atoms with Crippen LogP contribution in [0.15, 0.2) is 41.4 Å². The Labute approximate surface area is 245 Å². The number of nitrogens with two attached hydrogens (primary N) is 1. The van der Waals surface area contributed by atoms with Crippen molar-refractivity contribution in [1.29, 1.82) is 0 Å². The molecule has 1 atom stereocenters. The van der Waals surface area contributed by atoms with Gasteiger partial charge in [-0.2, -0.15) is 4.98 Å². The number of hydrogen-bond donors (Lipinski definition) is 3. The molecule has 0 spiro atoms. The summed E-state index contributed by atoms with van der Waals surface area (Å²) in [6, 6.07) is 8.35. The molecule has 2 aromatic carbocycles. The van der Waals surface area contributed by atoms with Gasteiger partial charge in [0.15, 0.2) is 15.7 Å². The predicted molar refractivity (Wildman–Crippen MR) is 160 cm³/mol. The van der Waals surface area contributed by atoms with E-state index in [0.717, 1.165) is 41.8 Å². The van der Waals surface area contributed by atoms with Gasteiger partial charge in [0.1, 0.15) is 16.9 Å². The summed E-state index contributed by atoms with van der Waals surface area (Å²) in [6.45, 7) is 8.70. The second-order valence-corrected chi connectivity index (χ2v) is 13.8. The van der Waals surface area contributed by atoms with E-state index in [2.05, 4.69) is 27.5 Å². The lowest BCUT2D eigenvalue weighted by Gasteiger charge is -2.32. The van der Waals surface area contributed by atoms with E-state index in [1.165, 1.54) is 11.8 Å². The molecule has 3 aromatic rings. The van der Waals surface area contributed by atoms with Gasteiger partial charge in [-0.3, -0.25) is 0 Å². The molecule has 3 heterocycles. The molecule has 12 heteroatoms. The third-order valence-corrected chi connectivity index (χ3v) is 10.2. The fourth-order valence-electron chi connectivity index (χ4n) is 5.64. The Morgan fingerprint density at radius 2 is 1.88 bits per heavy atom. The summed E-state index contributed by atoms with van der Waals surface area (Å²) >= 11 is 6.43. The fraction of sp³-hybridized carbons (Fsp3) is 0.414. The first-order chi connectivity index (χ1) is 19.5. The summed E-state index contributed by atoms with van der Waals surface area (Å²) in [6.07, 6.45) is 3.96. The molecular formula is C29H35ClN6O4S. The molecule has 1 unspecified atom stereocenters. The average Bonchev–Trinajstić information content (AvgIpc) is 3.32. The smallest absolute Gasteiger partial charge is 0.314 e. The highest BCUT2D eigenvalue weighted by Gasteiger charge is 2.32. The van der Waals surface area contributed by atoms with Crippen molar-refractivity contribution in [1.82, 2.24) is 14.9 Å². The normalized spacial score (nSPS) is 17.3. The molecular weight excluding hydrogens is 564 g/mol. The number of carbonyl (C=O) groups is 1. The standard InChI is InChI=1S/C29H35ClN6O4S/c1-16(2)41(38,39)24-8-6-5-7-22(24)33-27-21(30)15-32-29(35-27)34-23-13-17(3)25(20-14-18(4)40-26(20)23)19-9-11-36(12-10-19)28(31)37/h5-8,13,15-16,18-19H,9-12,14H2,1-4H3,(H2,31,37)(H2,32,33,34,35). The number of sulfone groups is 1. The van der Waals surface area contributed by atoms with Crippen molar-refractivity contribution in [2.75, 3.05) is 23.7 Å². The molecule has 1 aromatic heterocycles. The summed E-state index contributed by atoms with van der Waals surface area (Å²) in [5.41, 5.74) is 10.2. The summed E-state index contributed by atoms with van der Waals surface area (Å²) < 4.78 is 32.1. The van der Waals surface area contributed by atoms with E-state index >= 15 is 0 Å². The zero-order valence-corrected chi connectivity index (χ0v) is 25.1. The second-order valence-electron chi connectivity index (χ2n) is 10.9. The van der Waals surface area contributed by atoms with Crippen LogP contribution >= 0.6 is 11.6 Å². The molecule has 1 saturated heterocycles. The molecule has 1 fully saturated rings. The number of rotatable bonds is 7. The number of aryl methyl sites for hydroxylation is 1. The molecule has 218 valence electrons. The minimum atomic E-state index is -3.54. The zero-order chi connectivity index (χ0) is 29.5. The number of hydrogen-bond acceptors (Lipinski definition) is 8. The number of nitrogens with one attached hydrogen (secondary N) is 2. The number of halogens is 1. The summed E-state index contributed by atoms with van der Waals surface area (Å²) in [7, 11) is -3.54. The van der Waals surface area contributed by atoms with Crippen LogP contribution in [0.1, 0.15) is 56.2 Å². The van der Waals surface area contributed by atoms with Crippen LogP contribution in [0.25, 0.3) is 0 Å². The Balaban J connectivity index is 1.44. The first-order valence-electron chi connectivity index (χ1n) is 13.7. The van der Waals surface area contributed by atoms with E-state index in [-0.39, 0.29) is 33.8 Å². The summed E-state index contributed by atoms with van der Waals surface area (Å²) in [4.78, 5) is 22.4. The van der Waals surface area contributed by atoms with Crippen molar-refractivity contribution in [3.8, 4) is 5.75 Å². The molecule has 0 saturated carbocycles. The van der Waals surface area contributed by atoms with E-state index in [1.54, 1.807) is 43.0 Å². The van der Waals surface area contributed by atoms with Gasteiger partial charge >= 0.3 is 6.03 Å². The minimum Gasteiger partial charge on any atom is -0.488 e. The number of urea groups is 1. The number of amides is 2. The molecule has 5 rings (SSSR count). The highest BCUT2D eigenvalue weighted by atomic mass is 35.5. The number of benzene rings is 2. The van der Waals surface area contributed by atoms with Crippen molar-refractivity contribution in [3.05, 3.63) is 58.2 Å². The number of likely N-dealkylation sites (tertiary alicyclic amines) is 1. The first-order valence-corrected chi connectivity index (χ1v) is 15.6. The van der Waals surface area contributed by atoms with Gasteiger partial charge in [0, 0.05) is 25.1 Å². The third-order valence-electron chi connectivity index (χ3n) is 7.71. The lowest BCUT2D eigenvalue weighted by atomic mass is 9.82. The summed E-state index contributed by atoms with van der Waals surface area (Å²) in [5, 5.41) is 6.05. The SMILES string of the molecule is Cc1cc(Nc2ncc(Cl)c(Nc3ccccc3S(=O)(=O)C(C)C)n2)c2c(c1C1CCN(C(N)=O)CC1)CC(C)O2. The molecule has 2 amide bonds. The lowest BCUT2D eigenvalue weighted by molar-refractivity contribution is 0.190. The minimum absolute atomic E-state index is 0.0135. The van der Waals surface area contributed by atoms with Gasteiger partial charge in [0.05, 0.1) is 27.7 Å². The maximum absolute atomic E-state index is 12.9. The number of nitrogens with zero attached hydrogens (tertiary/aromatic N) is 3. The Morgan fingerprint density at radius 3 is 2.56 bits per heavy atom. The lowest BCUT2D eigenvalue weighted by Crippen LogP contribution is -2.41. The van der Waals surface area contributed by atoms with Gasteiger partial charge in [-0.25, -0.2) is 18.2 Å². The van der Waals surface area contributed by atoms with E-state index in [1.807, 2.05) is 13.0 Å². The number of primary amides is 1. The van der Waals surface area contributed by atoms with E-state index in [9.17, 15) is 13.2 Å². The van der Waals surface area contributed by atoms with Gasteiger partial charge in [-0.05, 0) is 75.8 Å². The zero-order valence-electron chi connectivity index (χ0n) is 23.6. The van der Waals surface area contributed by atoms with E-state index in [0.29, 0.717) is 24.7 Å². The number of carbonyl (C=O) groups excluding carboxylic acids is 1. The first kappa shape index (κ1) is 28.9. The average molecular weight is 599 g/mol. The molecule has 41 heavy (non-hydrogen) atoms. The number of aromatic nitrogens is 2. The maximum atomic E-state index is 12.9. The molecule has 4 N–H and O–H groups in total. The number of para-hydroxylation sites is 1. The Kier molecular flexibility index (Phi) is 8.02. The van der Waals surface area contributed by atoms with Crippen LogP contribution in [0.2, 0.25) is 5.02 Å². The largest absolute Gasteiger partial charge is 0.488 e. The van der Waals surface area contributed by atoms with Crippen LogP contribution < -0.4 is 21.1 Å².